The van der Waals surface area contributed by atoms with Crippen molar-refractivity contribution in [3.8, 4) is 21.8 Å². The Morgan fingerprint density at radius 1 is 1.08 bits per heavy atom. The molecule has 0 fully saturated rings. The summed E-state index contributed by atoms with van der Waals surface area (Å²) >= 11 is 4.96. The van der Waals surface area contributed by atoms with E-state index in [0.717, 1.165) is 27.5 Å². The van der Waals surface area contributed by atoms with E-state index in [0.29, 0.717) is 11.8 Å². The third-order valence-corrected chi connectivity index (χ3v) is 5.00. The molecule has 0 bridgehead atoms. The Morgan fingerprint density at radius 3 is 2.46 bits per heavy atom. The van der Waals surface area contributed by atoms with Crippen LogP contribution in [0.1, 0.15) is 11.3 Å². The van der Waals surface area contributed by atoms with Crippen LogP contribution in [0.25, 0.3) is 21.8 Å². The third-order valence-electron chi connectivity index (χ3n) is 3.58. The second-order valence-electron chi connectivity index (χ2n) is 5.35. The minimum atomic E-state index is 0.0100. The lowest BCUT2D eigenvalue weighted by Crippen LogP contribution is -2.11. The van der Waals surface area contributed by atoms with Gasteiger partial charge in [0.25, 0.3) is 0 Å². The molecular formula is C19H17BrN2OS. The highest BCUT2D eigenvalue weighted by Crippen LogP contribution is 2.33. The Morgan fingerprint density at radius 2 is 1.79 bits per heavy atom. The minimum absolute atomic E-state index is 0.0100. The predicted octanol–water partition coefficient (Wildman–Crippen LogP) is 5.51. The number of hydrogen-bond donors (Lipinski definition) is 1. The van der Waals surface area contributed by atoms with Crippen molar-refractivity contribution in [1.82, 2.24) is 4.98 Å². The fourth-order valence-electron chi connectivity index (χ4n) is 2.39. The number of alkyl halides is 1. The van der Waals surface area contributed by atoms with Crippen LogP contribution in [0.4, 0.5) is 5.69 Å². The summed E-state index contributed by atoms with van der Waals surface area (Å²) in [7, 11) is 0. The summed E-state index contributed by atoms with van der Waals surface area (Å²) < 4.78 is 0. The lowest BCUT2D eigenvalue weighted by molar-refractivity contribution is -0.115. The second-order valence-corrected chi connectivity index (χ2v) is 7.35. The summed E-state index contributed by atoms with van der Waals surface area (Å²) in [6.07, 6.45) is 0.466. The number of amides is 1. The van der Waals surface area contributed by atoms with Crippen LogP contribution < -0.4 is 5.32 Å². The molecule has 5 heteroatoms. The van der Waals surface area contributed by atoms with E-state index in [-0.39, 0.29) is 5.91 Å². The Balaban J connectivity index is 1.82. The minimum Gasteiger partial charge on any atom is -0.326 e. The van der Waals surface area contributed by atoms with Gasteiger partial charge in [-0.3, -0.25) is 4.79 Å². The van der Waals surface area contributed by atoms with E-state index in [1.165, 1.54) is 4.88 Å². The summed E-state index contributed by atoms with van der Waals surface area (Å²) in [6.45, 7) is 2.09. The number of rotatable bonds is 5. The van der Waals surface area contributed by atoms with E-state index in [2.05, 4.69) is 40.3 Å². The standard InChI is InChI=1S/C19H17BrN2OS/c1-13-18(22-19(24-13)15-5-3-2-4-6-15)14-7-9-16(10-8-14)21-17(23)11-12-20/h2-10H,11-12H2,1H3,(H,21,23). The van der Waals surface area contributed by atoms with Gasteiger partial charge >= 0.3 is 0 Å². The molecule has 2 aromatic carbocycles. The van der Waals surface area contributed by atoms with Crippen molar-refractivity contribution in [2.75, 3.05) is 10.6 Å². The number of carbonyl (C=O) groups is 1. The van der Waals surface area contributed by atoms with Crippen LogP contribution in [-0.2, 0) is 4.79 Å². The number of anilines is 1. The Labute approximate surface area is 153 Å². The van der Waals surface area contributed by atoms with Crippen LogP contribution in [0.5, 0.6) is 0 Å². The highest BCUT2D eigenvalue weighted by Gasteiger charge is 2.11. The zero-order valence-electron chi connectivity index (χ0n) is 13.3. The molecule has 3 nitrogen and oxygen atoms in total. The molecule has 1 N–H and O–H groups in total. The molecule has 24 heavy (non-hydrogen) atoms. The lowest BCUT2D eigenvalue weighted by Gasteiger charge is -2.05. The number of hydrogen-bond acceptors (Lipinski definition) is 3. The van der Waals surface area contributed by atoms with Gasteiger partial charge in [-0.1, -0.05) is 58.4 Å². The van der Waals surface area contributed by atoms with Gasteiger partial charge in [0.15, 0.2) is 0 Å². The van der Waals surface area contributed by atoms with Gasteiger partial charge < -0.3 is 5.32 Å². The average Bonchev–Trinajstić information content (AvgIpc) is 2.98. The smallest absolute Gasteiger partial charge is 0.225 e. The highest BCUT2D eigenvalue weighted by molar-refractivity contribution is 9.09. The fourth-order valence-corrected chi connectivity index (χ4v) is 3.69. The fraction of sp³-hybridized carbons (Fsp3) is 0.158. The molecule has 3 rings (SSSR count). The SMILES string of the molecule is Cc1sc(-c2ccccc2)nc1-c1ccc(NC(=O)CCBr)cc1. The second kappa shape index (κ2) is 7.73. The molecular weight excluding hydrogens is 384 g/mol. The van der Waals surface area contributed by atoms with Gasteiger partial charge in [0.05, 0.1) is 5.69 Å². The van der Waals surface area contributed by atoms with Gasteiger partial charge in [-0.2, -0.15) is 0 Å². The van der Waals surface area contributed by atoms with Crippen molar-refractivity contribution in [3.63, 3.8) is 0 Å². The molecule has 3 aromatic rings. The molecule has 0 saturated carbocycles. The quantitative estimate of drug-likeness (QED) is 0.573. The topological polar surface area (TPSA) is 42.0 Å². The van der Waals surface area contributed by atoms with Crippen LogP contribution in [0, 0.1) is 6.92 Å². The van der Waals surface area contributed by atoms with Gasteiger partial charge in [0, 0.05) is 33.4 Å². The zero-order valence-corrected chi connectivity index (χ0v) is 15.7. The number of halogens is 1. The molecule has 1 aromatic heterocycles. The number of thiazole rings is 1. The monoisotopic (exact) mass is 400 g/mol. The van der Waals surface area contributed by atoms with E-state index in [9.17, 15) is 4.79 Å². The first-order chi connectivity index (χ1) is 11.7. The van der Waals surface area contributed by atoms with E-state index in [1.807, 2.05) is 42.5 Å². The zero-order chi connectivity index (χ0) is 16.9. The Bertz CT molecular complexity index is 828. The predicted molar refractivity (Wildman–Crippen MR) is 105 cm³/mol. The highest BCUT2D eigenvalue weighted by atomic mass is 79.9. The number of nitrogens with zero attached hydrogens (tertiary/aromatic N) is 1. The van der Waals surface area contributed by atoms with Gasteiger partial charge in [0.2, 0.25) is 5.91 Å². The van der Waals surface area contributed by atoms with Gasteiger partial charge in [-0.15, -0.1) is 11.3 Å². The first kappa shape index (κ1) is 16.9. The molecule has 0 radical (unpaired) electrons. The van der Waals surface area contributed by atoms with Crippen molar-refractivity contribution >= 4 is 38.9 Å². The molecule has 0 aliphatic carbocycles. The largest absolute Gasteiger partial charge is 0.326 e. The van der Waals surface area contributed by atoms with Gasteiger partial charge in [-0.05, 0) is 19.1 Å². The van der Waals surface area contributed by atoms with Crippen LogP contribution >= 0.6 is 27.3 Å². The number of carbonyl (C=O) groups excluding carboxylic acids is 1. The summed E-state index contributed by atoms with van der Waals surface area (Å²) in [5, 5.41) is 4.57. The van der Waals surface area contributed by atoms with Gasteiger partial charge in [0.1, 0.15) is 5.01 Å². The first-order valence-corrected chi connectivity index (χ1v) is 9.60. The molecule has 0 saturated heterocycles. The Kier molecular flexibility index (Phi) is 5.43. The number of benzene rings is 2. The average molecular weight is 401 g/mol. The summed E-state index contributed by atoms with van der Waals surface area (Å²) in [6, 6.07) is 18.0. The van der Waals surface area contributed by atoms with E-state index in [1.54, 1.807) is 11.3 Å². The molecule has 1 heterocycles. The molecule has 0 atom stereocenters. The number of aryl methyl sites for hydroxylation is 1. The molecule has 0 aliphatic rings. The Hall–Kier alpha value is -1.98. The summed E-state index contributed by atoms with van der Waals surface area (Å²) in [5.74, 6) is 0.0100. The number of aromatic nitrogens is 1. The van der Waals surface area contributed by atoms with Crippen LogP contribution in [0.3, 0.4) is 0 Å². The normalized spacial score (nSPS) is 10.6. The third kappa shape index (κ3) is 3.91. The van der Waals surface area contributed by atoms with Crippen LogP contribution in [0.2, 0.25) is 0 Å². The van der Waals surface area contributed by atoms with Crippen molar-refractivity contribution in [3.05, 3.63) is 59.5 Å². The maximum atomic E-state index is 11.6. The van der Waals surface area contributed by atoms with Crippen molar-refractivity contribution in [1.29, 1.82) is 0 Å². The number of nitrogens with one attached hydrogen (secondary N) is 1. The van der Waals surface area contributed by atoms with E-state index >= 15 is 0 Å². The van der Waals surface area contributed by atoms with E-state index < -0.39 is 0 Å². The maximum absolute atomic E-state index is 11.6. The molecule has 1 amide bonds. The molecule has 0 aliphatic heterocycles. The van der Waals surface area contributed by atoms with Gasteiger partial charge in [-0.25, -0.2) is 4.98 Å². The van der Waals surface area contributed by atoms with E-state index in [4.69, 9.17) is 4.98 Å². The molecule has 122 valence electrons. The van der Waals surface area contributed by atoms with Crippen LogP contribution in [-0.4, -0.2) is 16.2 Å². The van der Waals surface area contributed by atoms with Crippen molar-refractivity contribution < 1.29 is 4.79 Å². The maximum Gasteiger partial charge on any atom is 0.225 e. The van der Waals surface area contributed by atoms with Crippen LogP contribution in [0.15, 0.2) is 54.6 Å². The molecule has 0 unspecified atom stereocenters. The van der Waals surface area contributed by atoms with Crippen molar-refractivity contribution in [2.45, 2.75) is 13.3 Å². The molecule has 0 spiro atoms. The van der Waals surface area contributed by atoms with Crippen molar-refractivity contribution in [2.24, 2.45) is 0 Å². The lowest BCUT2D eigenvalue weighted by atomic mass is 10.1. The first-order valence-electron chi connectivity index (χ1n) is 7.66. The summed E-state index contributed by atoms with van der Waals surface area (Å²) in [4.78, 5) is 17.6. The summed E-state index contributed by atoms with van der Waals surface area (Å²) in [5.41, 5.74) is 4.00.